The number of rotatable bonds is 38. The molecule has 0 aliphatic carbocycles. The fourth-order valence-electron chi connectivity index (χ4n) is 9.26. The molecule has 0 radical (unpaired) electrons. The number of likely N-dealkylation sites (N-methyl/N-ethyl adjacent to an activating group) is 1. The molecular formula is C54H71F8N4O15S2+. The van der Waals surface area contributed by atoms with E-state index in [4.69, 9.17) is 19.8 Å². The topological polar surface area (TPSA) is 240 Å². The Morgan fingerprint density at radius 1 is 0.747 bits per heavy atom. The predicted molar refractivity (Wildman–Crippen MR) is 286 cm³/mol. The Morgan fingerprint density at radius 3 is 2.02 bits per heavy atom. The zero-order chi connectivity index (χ0) is 62.0. The summed E-state index contributed by atoms with van der Waals surface area (Å²) in [6.45, 7) is 10.2. The highest BCUT2D eigenvalue weighted by molar-refractivity contribution is 7.94. The molecule has 2 heterocycles. The second-order valence-electron chi connectivity index (χ2n) is 20.2. The van der Waals surface area contributed by atoms with Crippen LogP contribution < -0.4 is 10.2 Å². The van der Waals surface area contributed by atoms with E-state index in [0.29, 0.717) is 49.2 Å². The number of aliphatic carboxylic acids is 1. The van der Waals surface area contributed by atoms with Crippen LogP contribution >= 0.6 is 12.0 Å². The van der Waals surface area contributed by atoms with E-state index in [1.807, 2.05) is 62.4 Å². The monoisotopic (exact) mass is 1230 g/mol. The first-order chi connectivity index (χ1) is 38.8. The summed E-state index contributed by atoms with van der Waals surface area (Å²) in [5.74, 6) is -5.95. The molecule has 4 N–H and O–H groups in total. The minimum Gasteiger partial charge on any atom is -0.481 e. The van der Waals surface area contributed by atoms with Crippen LogP contribution in [-0.4, -0.2) is 146 Å². The minimum absolute atomic E-state index is 0.0409. The number of hydrogen-bond acceptors (Lipinski definition) is 15. The number of anilines is 1. The first-order valence-electron chi connectivity index (χ1n) is 26.6. The maximum absolute atomic E-state index is 14.1. The van der Waals surface area contributed by atoms with Crippen molar-refractivity contribution in [3.8, 4) is 0 Å². The summed E-state index contributed by atoms with van der Waals surface area (Å²) in [6, 6.07) is 10.2. The molecule has 19 nitrogen and oxygen atoms in total. The van der Waals surface area contributed by atoms with Gasteiger partial charge in [0.1, 0.15) is 6.54 Å². The molecule has 0 unspecified atom stereocenters. The fourth-order valence-corrected chi connectivity index (χ4v) is 10.2. The number of carboxylic acids is 1. The van der Waals surface area contributed by atoms with Crippen molar-refractivity contribution in [2.45, 2.75) is 151 Å². The van der Waals surface area contributed by atoms with Crippen molar-refractivity contribution in [2.75, 3.05) is 64.1 Å². The van der Waals surface area contributed by atoms with E-state index in [1.165, 1.54) is 26.0 Å². The molecule has 2 aliphatic rings. The van der Waals surface area contributed by atoms with Crippen LogP contribution in [0.1, 0.15) is 117 Å². The molecule has 4 rings (SSSR count). The number of fused-ring (bicyclic) bond motifs is 2. The molecular weight excluding hydrogens is 1160 g/mol. The summed E-state index contributed by atoms with van der Waals surface area (Å²) in [4.78, 5) is 50.1. The summed E-state index contributed by atoms with van der Waals surface area (Å²) in [5.41, 5.74) is 4.08. The van der Waals surface area contributed by atoms with Crippen LogP contribution in [0.2, 0.25) is 0 Å². The highest BCUT2D eigenvalue weighted by Crippen LogP contribution is 2.49. The molecule has 464 valence electrons. The molecule has 2 aromatic carbocycles. The average Bonchev–Trinajstić information content (AvgIpc) is 3.62. The van der Waals surface area contributed by atoms with Crippen LogP contribution in [0.4, 0.5) is 46.5 Å². The Morgan fingerprint density at radius 2 is 1.39 bits per heavy atom. The van der Waals surface area contributed by atoms with Crippen LogP contribution in [0.3, 0.4) is 0 Å². The smallest absolute Gasteiger partial charge is 0.453 e. The quantitative estimate of drug-likeness (QED) is 0.00714. The van der Waals surface area contributed by atoms with E-state index in [0.717, 1.165) is 53.2 Å². The van der Waals surface area contributed by atoms with Crippen molar-refractivity contribution in [2.24, 2.45) is 0 Å². The average molecular weight is 1230 g/mol. The molecule has 29 heteroatoms. The number of carbonyl (C=O) groups is 4. The van der Waals surface area contributed by atoms with Gasteiger partial charge in [-0.1, -0.05) is 43.5 Å². The second-order valence-corrected chi connectivity index (χ2v) is 22.4. The number of ketones is 1. The summed E-state index contributed by atoms with van der Waals surface area (Å²) in [7, 11) is -4.52. The van der Waals surface area contributed by atoms with E-state index >= 15 is 0 Å². The second kappa shape index (κ2) is 30.6. The Balaban J connectivity index is 1.25. The Bertz CT molecular complexity index is 2810. The highest BCUT2D eigenvalue weighted by Gasteiger charge is 2.69. The molecule has 83 heavy (non-hydrogen) atoms. The van der Waals surface area contributed by atoms with Crippen LogP contribution in [-0.2, 0) is 68.4 Å². The lowest BCUT2D eigenvalue weighted by Crippen LogP contribution is -2.56. The number of hydrogen-bond donors (Lipinski definition) is 4. The molecule has 2 amide bonds. The van der Waals surface area contributed by atoms with Crippen molar-refractivity contribution in [3.05, 3.63) is 83.6 Å². The van der Waals surface area contributed by atoms with Gasteiger partial charge in [-0.05, 0) is 102 Å². The largest absolute Gasteiger partial charge is 0.481 e. The Labute approximate surface area is 480 Å². The van der Waals surface area contributed by atoms with Gasteiger partial charge < -0.3 is 29.7 Å². The number of Topliss-reactive ketones (excluding diaryl/α,β-unsaturated/α-hetero) is 1. The van der Waals surface area contributed by atoms with E-state index in [9.17, 15) is 67.3 Å². The van der Waals surface area contributed by atoms with Gasteiger partial charge in [0.25, 0.3) is 10.1 Å². The minimum atomic E-state index is -6.49. The number of nitrogens with zero attached hydrogens (tertiary/aromatic N) is 3. The van der Waals surface area contributed by atoms with Crippen LogP contribution in [0.5, 0.6) is 0 Å². The first kappa shape index (κ1) is 70.1. The molecule has 0 fully saturated rings. The molecule has 2 aromatic rings. The number of carbonyl (C=O) groups excluding carboxylic acids is 3. The van der Waals surface area contributed by atoms with Gasteiger partial charge in [0.15, 0.2) is 5.71 Å². The van der Waals surface area contributed by atoms with Crippen molar-refractivity contribution < 1.29 is 111 Å². The standard InChI is InChI=1S/C54H70F8N4O15S2/c1-7-64(8-2)48(71)52(57,58)79-54(61,62)53(59,60)78-51(55,56)45(67)21-18-31-76-33-34-77-32-28-63-46(68)22-14-10-16-29-66-42-27-25-38(83(73,74)75)36-40(42)50(5,6)44(66)20-13-9-12-19-43-49(3,4)39-35-37(82-81-80-72)24-26-41(39)65(43)30-17-11-15-23-47(69)70/h9,12-13,19-20,24-27,35-36H,7-8,10-11,14-18,21-23,28-34H2,1-6H3,(H3-,63,68,69,70,72,73,74,75)/p+1. The molecule has 2 aliphatic heterocycles. The van der Waals surface area contributed by atoms with Gasteiger partial charge in [-0.15, -0.1) is 4.33 Å². The highest BCUT2D eigenvalue weighted by atomic mass is 32.2. The van der Waals surface area contributed by atoms with Crippen LogP contribution in [0.15, 0.2) is 82.3 Å². The van der Waals surface area contributed by atoms with Gasteiger partial charge in [0, 0.05) is 97.9 Å². The van der Waals surface area contributed by atoms with Crippen molar-refractivity contribution >= 4 is 62.8 Å². The zero-order valence-electron chi connectivity index (χ0n) is 46.7. The third-order valence-corrected chi connectivity index (χ3v) is 15.0. The first-order valence-corrected chi connectivity index (χ1v) is 28.7. The maximum Gasteiger partial charge on any atom is 0.453 e. The van der Waals surface area contributed by atoms with Gasteiger partial charge in [-0.2, -0.15) is 48.1 Å². The molecule has 0 spiro atoms. The van der Waals surface area contributed by atoms with Gasteiger partial charge >= 0.3 is 36.3 Å². The maximum atomic E-state index is 14.1. The van der Waals surface area contributed by atoms with Crippen molar-refractivity contribution in [1.82, 2.24) is 10.2 Å². The normalized spacial score (nSPS) is 15.9. The SMILES string of the molecule is CCN(CC)C(=O)C(F)(F)OC(F)(F)C(F)(F)OC(F)(F)C(=O)CCCOCCOCCNC(=O)CCCCCN1\C(=C/C=C/C=C/C2=[N+](CCCCCC(=O)O)c3ccc(SOOO)cc3C2(C)C)C(C)(C)c2cc(S(=O)(=O)O)ccc21. The van der Waals surface area contributed by atoms with E-state index in [-0.39, 0.29) is 54.9 Å². The number of amides is 2. The number of ether oxygens (including phenoxy) is 4. The predicted octanol–water partition coefficient (Wildman–Crippen LogP) is 10.5. The molecule has 0 aromatic heterocycles. The zero-order valence-corrected chi connectivity index (χ0v) is 48.3. The third-order valence-electron chi connectivity index (χ3n) is 13.6. The Hall–Kier alpha value is -5.37. The van der Waals surface area contributed by atoms with Gasteiger partial charge in [0.2, 0.25) is 17.4 Å². The lowest BCUT2D eigenvalue weighted by Gasteiger charge is -2.31. The lowest BCUT2D eigenvalue weighted by molar-refractivity contribution is -0.500. The number of nitrogens with one attached hydrogen (secondary N) is 1. The van der Waals surface area contributed by atoms with Gasteiger partial charge in [-0.3, -0.25) is 23.7 Å². The molecule has 0 saturated carbocycles. The summed E-state index contributed by atoms with van der Waals surface area (Å²) in [6.07, 6.45) is -12.2. The molecule has 0 atom stereocenters. The van der Waals surface area contributed by atoms with E-state index < -0.39 is 95.6 Å². The summed E-state index contributed by atoms with van der Waals surface area (Å²) in [5, 5.41) is 24.3. The number of benzene rings is 2. The lowest BCUT2D eigenvalue weighted by atomic mass is 9.81. The van der Waals surface area contributed by atoms with Gasteiger partial charge in [0.05, 0.1) is 42.2 Å². The Kier molecular flexibility index (Phi) is 25.9. The number of unbranched alkanes of at least 4 members (excludes halogenated alkanes) is 4. The van der Waals surface area contributed by atoms with Crippen LogP contribution in [0.25, 0.3) is 0 Å². The number of halogens is 8. The number of alkyl halides is 8. The van der Waals surface area contributed by atoms with E-state index in [2.05, 4.69) is 47.5 Å². The van der Waals surface area contributed by atoms with Crippen molar-refractivity contribution in [1.29, 1.82) is 0 Å². The summed E-state index contributed by atoms with van der Waals surface area (Å²) >= 11 is 0.854. The molecule has 0 saturated heterocycles. The fraction of sp³-hybridized carbons (Fsp3) is 0.574. The van der Waals surface area contributed by atoms with Crippen molar-refractivity contribution in [3.63, 3.8) is 0 Å². The summed E-state index contributed by atoms with van der Waals surface area (Å²) < 4.78 is 169. The van der Waals surface area contributed by atoms with Crippen LogP contribution in [0, 0.1) is 0 Å². The third kappa shape index (κ3) is 19.3. The number of carboxylic acid groups (broad SMARTS) is 1. The number of allylic oxidation sites excluding steroid dienone is 6. The van der Waals surface area contributed by atoms with Gasteiger partial charge in [-0.25, -0.2) is 14.7 Å². The molecule has 0 bridgehead atoms. The van der Waals surface area contributed by atoms with E-state index in [1.54, 1.807) is 6.07 Å².